The topological polar surface area (TPSA) is 29.5 Å². The molecule has 0 radical (unpaired) electrons. The van der Waals surface area contributed by atoms with Crippen LogP contribution < -0.4 is 4.90 Å². The highest BCUT2D eigenvalue weighted by Gasteiger charge is 2.32. The first-order valence-electron chi connectivity index (χ1n) is 6.96. The summed E-state index contributed by atoms with van der Waals surface area (Å²) in [6, 6.07) is 8.52. The van der Waals surface area contributed by atoms with E-state index in [-0.39, 0.29) is 5.97 Å². The summed E-state index contributed by atoms with van der Waals surface area (Å²) in [5, 5.41) is 0. The van der Waals surface area contributed by atoms with Crippen LogP contribution in [0.15, 0.2) is 24.3 Å². The Morgan fingerprint density at radius 3 is 2.79 bits per heavy atom. The number of aryl methyl sites for hydroxylation is 1. The molecule has 0 fully saturated rings. The van der Waals surface area contributed by atoms with Gasteiger partial charge in [-0.2, -0.15) is 0 Å². The van der Waals surface area contributed by atoms with Crippen LogP contribution in [-0.2, 0) is 16.0 Å². The average Bonchev–Trinajstić information content (AvgIpc) is 2.60. The third-order valence-electron chi connectivity index (χ3n) is 3.78. The van der Waals surface area contributed by atoms with Crippen molar-refractivity contribution in [1.29, 1.82) is 0 Å². The van der Waals surface area contributed by atoms with Crippen LogP contribution in [0, 0.1) is 5.41 Å². The van der Waals surface area contributed by atoms with E-state index in [2.05, 4.69) is 29.2 Å². The quantitative estimate of drug-likeness (QED) is 0.783. The molecule has 104 valence electrons. The second-order valence-electron chi connectivity index (χ2n) is 5.88. The number of rotatable bonds is 3. The molecule has 0 spiro atoms. The van der Waals surface area contributed by atoms with Crippen LogP contribution >= 0.6 is 0 Å². The van der Waals surface area contributed by atoms with Gasteiger partial charge in [0.2, 0.25) is 0 Å². The number of fused-ring (bicyclic) bond motifs is 1. The van der Waals surface area contributed by atoms with Crippen molar-refractivity contribution in [3.05, 3.63) is 29.8 Å². The van der Waals surface area contributed by atoms with E-state index in [0.29, 0.717) is 6.54 Å². The molecule has 0 saturated heterocycles. The lowest BCUT2D eigenvalue weighted by molar-refractivity contribution is -0.150. The van der Waals surface area contributed by atoms with Gasteiger partial charge in [0.1, 0.15) is 0 Å². The number of ether oxygens (including phenoxy) is 1. The molecule has 3 nitrogen and oxygen atoms in total. The lowest BCUT2D eigenvalue weighted by atomic mass is 9.92. The third kappa shape index (κ3) is 3.09. The molecule has 19 heavy (non-hydrogen) atoms. The molecule has 0 atom stereocenters. The minimum absolute atomic E-state index is 0.144. The molecule has 0 amide bonds. The van der Waals surface area contributed by atoms with Gasteiger partial charge in [-0.1, -0.05) is 18.2 Å². The Hall–Kier alpha value is -1.51. The Balaban J connectivity index is 2.23. The molecule has 0 aliphatic carbocycles. The first-order chi connectivity index (χ1) is 9.04. The molecular weight excluding hydrogens is 238 g/mol. The summed E-state index contributed by atoms with van der Waals surface area (Å²) in [5.41, 5.74) is 2.18. The molecule has 1 aliphatic rings. The molecule has 0 N–H and O–H groups in total. The number of methoxy groups -OCH3 is 1. The highest BCUT2D eigenvalue weighted by Crippen LogP contribution is 2.29. The van der Waals surface area contributed by atoms with Crippen molar-refractivity contribution in [3.8, 4) is 0 Å². The molecule has 0 saturated carbocycles. The summed E-state index contributed by atoms with van der Waals surface area (Å²) in [6.07, 6.45) is 3.52. The van der Waals surface area contributed by atoms with E-state index in [1.165, 1.54) is 31.2 Å². The first kappa shape index (κ1) is 13.9. The third-order valence-corrected chi connectivity index (χ3v) is 3.78. The van der Waals surface area contributed by atoms with Crippen molar-refractivity contribution in [2.45, 2.75) is 33.1 Å². The smallest absolute Gasteiger partial charge is 0.313 e. The molecule has 3 heteroatoms. The number of hydrogen-bond acceptors (Lipinski definition) is 3. The highest BCUT2D eigenvalue weighted by molar-refractivity contribution is 5.76. The predicted octanol–water partition coefficient (Wildman–Crippen LogP) is 3.03. The largest absolute Gasteiger partial charge is 0.469 e. The first-order valence-corrected chi connectivity index (χ1v) is 6.96. The standard InChI is InChI=1S/C16H23NO2/c1-16(2,15(18)19-3)12-17-11-7-6-9-13-8-4-5-10-14(13)17/h4-5,8,10H,6-7,9,11-12H2,1-3H3. The van der Waals surface area contributed by atoms with E-state index in [4.69, 9.17) is 4.74 Å². The zero-order valence-corrected chi connectivity index (χ0v) is 12.1. The minimum Gasteiger partial charge on any atom is -0.469 e. The van der Waals surface area contributed by atoms with Crippen LogP contribution in [0.3, 0.4) is 0 Å². The van der Waals surface area contributed by atoms with Crippen LogP contribution in [0.2, 0.25) is 0 Å². The lowest BCUT2D eigenvalue weighted by Gasteiger charge is -2.32. The van der Waals surface area contributed by atoms with E-state index in [0.717, 1.165) is 13.0 Å². The summed E-state index contributed by atoms with van der Waals surface area (Å²) < 4.78 is 4.91. The van der Waals surface area contributed by atoms with Crippen molar-refractivity contribution in [2.24, 2.45) is 5.41 Å². The summed E-state index contributed by atoms with van der Waals surface area (Å²) in [4.78, 5) is 14.2. The molecule has 0 bridgehead atoms. The van der Waals surface area contributed by atoms with Gasteiger partial charge in [0.05, 0.1) is 12.5 Å². The van der Waals surface area contributed by atoms with Crippen molar-refractivity contribution in [3.63, 3.8) is 0 Å². The molecule has 1 aliphatic heterocycles. The number of esters is 1. The van der Waals surface area contributed by atoms with Gasteiger partial charge in [-0.3, -0.25) is 4.79 Å². The van der Waals surface area contributed by atoms with Gasteiger partial charge in [-0.25, -0.2) is 0 Å². The van der Waals surface area contributed by atoms with E-state index in [1.807, 2.05) is 13.8 Å². The maximum atomic E-state index is 11.9. The van der Waals surface area contributed by atoms with E-state index >= 15 is 0 Å². The molecular formula is C16H23NO2. The fraction of sp³-hybridized carbons (Fsp3) is 0.562. The van der Waals surface area contributed by atoms with Crippen molar-refractivity contribution in [1.82, 2.24) is 0 Å². The normalized spacial score (nSPS) is 15.6. The summed E-state index contributed by atoms with van der Waals surface area (Å²) >= 11 is 0. The Bertz CT molecular complexity index is 454. The monoisotopic (exact) mass is 261 g/mol. The Labute approximate surface area is 115 Å². The van der Waals surface area contributed by atoms with Gasteiger partial charge in [-0.15, -0.1) is 0 Å². The molecule has 1 heterocycles. The van der Waals surface area contributed by atoms with Crippen LogP contribution in [0.4, 0.5) is 5.69 Å². The van der Waals surface area contributed by atoms with Gasteiger partial charge < -0.3 is 9.64 Å². The van der Waals surface area contributed by atoms with Gasteiger partial charge in [-0.05, 0) is 44.7 Å². The average molecular weight is 261 g/mol. The second-order valence-corrected chi connectivity index (χ2v) is 5.88. The van der Waals surface area contributed by atoms with Gasteiger partial charge in [0.25, 0.3) is 0 Å². The molecule has 0 unspecified atom stereocenters. The van der Waals surface area contributed by atoms with E-state index in [1.54, 1.807) is 0 Å². The van der Waals surface area contributed by atoms with Gasteiger partial charge >= 0.3 is 5.97 Å². The fourth-order valence-electron chi connectivity index (χ4n) is 2.75. The van der Waals surface area contributed by atoms with E-state index < -0.39 is 5.41 Å². The number of benzene rings is 1. The summed E-state index contributed by atoms with van der Waals surface area (Å²) in [6.45, 7) is 5.62. The van der Waals surface area contributed by atoms with Crippen molar-refractivity contribution in [2.75, 3.05) is 25.1 Å². The SMILES string of the molecule is COC(=O)C(C)(C)CN1CCCCc2ccccc21. The minimum atomic E-state index is -0.480. The second kappa shape index (κ2) is 5.64. The number of anilines is 1. The number of nitrogens with zero attached hydrogens (tertiary/aromatic N) is 1. The van der Waals surface area contributed by atoms with Crippen LogP contribution in [0.1, 0.15) is 32.3 Å². The van der Waals surface area contributed by atoms with Crippen molar-refractivity contribution >= 4 is 11.7 Å². The van der Waals surface area contributed by atoms with Gasteiger partial charge in [0, 0.05) is 18.8 Å². The fourth-order valence-corrected chi connectivity index (χ4v) is 2.75. The lowest BCUT2D eigenvalue weighted by Crippen LogP contribution is -2.40. The van der Waals surface area contributed by atoms with Crippen LogP contribution in [-0.4, -0.2) is 26.2 Å². The van der Waals surface area contributed by atoms with E-state index in [9.17, 15) is 4.79 Å². The summed E-state index contributed by atoms with van der Waals surface area (Å²) in [5.74, 6) is -0.144. The van der Waals surface area contributed by atoms with Crippen LogP contribution in [0.5, 0.6) is 0 Å². The Kier molecular flexibility index (Phi) is 4.13. The highest BCUT2D eigenvalue weighted by atomic mass is 16.5. The molecule has 1 aromatic carbocycles. The Morgan fingerprint density at radius 2 is 2.05 bits per heavy atom. The van der Waals surface area contributed by atoms with Gasteiger partial charge in [0.15, 0.2) is 0 Å². The zero-order valence-electron chi connectivity index (χ0n) is 12.1. The summed E-state index contributed by atoms with van der Waals surface area (Å²) in [7, 11) is 1.46. The molecule has 2 rings (SSSR count). The van der Waals surface area contributed by atoms with Crippen molar-refractivity contribution < 1.29 is 9.53 Å². The zero-order chi connectivity index (χ0) is 13.9. The molecule has 1 aromatic rings. The number of hydrogen-bond donors (Lipinski definition) is 0. The maximum Gasteiger partial charge on any atom is 0.313 e. The van der Waals surface area contributed by atoms with Crippen LogP contribution in [0.25, 0.3) is 0 Å². The molecule has 0 aromatic heterocycles. The predicted molar refractivity (Wildman–Crippen MR) is 77.4 cm³/mol. The maximum absolute atomic E-state index is 11.9. The Morgan fingerprint density at radius 1 is 1.32 bits per heavy atom. The number of carbonyl (C=O) groups is 1. The number of carbonyl (C=O) groups excluding carboxylic acids is 1. The number of para-hydroxylation sites is 1.